The lowest BCUT2D eigenvalue weighted by atomic mass is 9.54. The van der Waals surface area contributed by atoms with Gasteiger partial charge in [-0.05, 0) is 62.7 Å². The van der Waals surface area contributed by atoms with Gasteiger partial charge in [0.1, 0.15) is 11.5 Å². The van der Waals surface area contributed by atoms with Gasteiger partial charge in [0.2, 0.25) is 5.91 Å². The monoisotopic (exact) mass is 490 g/mol. The molecule has 184 valence electrons. The van der Waals surface area contributed by atoms with Crippen LogP contribution in [0.4, 0.5) is 5.69 Å². The number of hydrazone groups is 1. The molecule has 1 aromatic carbocycles. The topological polar surface area (TPSA) is 118 Å². The highest BCUT2D eigenvalue weighted by atomic mass is 35.5. The fourth-order valence-electron chi connectivity index (χ4n) is 6.00. The highest BCUT2D eigenvalue weighted by Crippen LogP contribution is 2.53. The van der Waals surface area contributed by atoms with E-state index in [4.69, 9.17) is 21.1 Å². The number of carbonyl (C=O) groups is 3. The van der Waals surface area contributed by atoms with Crippen LogP contribution in [0.3, 0.4) is 0 Å². The second-order valence-corrected chi connectivity index (χ2v) is 10.0. The molecule has 4 saturated carbocycles. The summed E-state index contributed by atoms with van der Waals surface area (Å²) in [7, 11) is 2.85. The lowest BCUT2D eigenvalue weighted by Crippen LogP contribution is -2.56. The van der Waals surface area contributed by atoms with Gasteiger partial charge >= 0.3 is 11.8 Å². The first kappa shape index (κ1) is 24.3. The van der Waals surface area contributed by atoms with Crippen LogP contribution >= 0.6 is 11.6 Å². The van der Waals surface area contributed by atoms with Gasteiger partial charge in [-0.15, -0.1) is 0 Å². The first-order chi connectivity index (χ1) is 16.3. The molecule has 0 radical (unpaired) electrons. The summed E-state index contributed by atoms with van der Waals surface area (Å²) in [4.78, 5) is 37.1. The maximum absolute atomic E-state index is 12.6. The Morgan fingerprint density at radius 1 is 0.971 bits per heavy atom. The Hall–Kier alpha value is -2.81. The van der Waals surface area contributed by atoms with Crippen LogP contribution in [-0.2, 0) is 14.4 Å². The molecular formula is C24H31ClN4O5. The van der Waals surface area contributed by atoms with E-state index in [1.807, 2.05) is 0 Å². The van der Waals surface area contributed by atoms with Gasteiger partial charge in [-0.25, -0.2) is 5.43 Å². The molecule has 4 bridgehead atoms. The molecule has 10 heteroatoms. The largest absolute Gasteiger partial charge is 0.495 e. The van der Waals surface area contributed by atoms with Gasteiger partial charge in [-0.1, -0.05) is 11.6 Å². The summed E-state index contributed by atoms with van der Waals surface area (Å²) in [6, 6.07) is 3.17. The number of benzene rings is 1. The van der Waals surface area contributed by atoms with Gasteiger partial charge in [0.15, 0.2) is 0 Å². The van der Waals surface area contributed by atoms with E-state index in [1.54, 1.807) is 6.92 Å². The van der Waals surface area contributed by atoms with Gasteiger partial charge in [0.05, 0.1) is 31.4 Å². The molecular weight excluding hydrogens is 460 g/mol. The molecule has 1 aromatic rings. The molecule has 9 nitrogen and oxygen atoms in total. The van der Waals surface area contributed by atoms with Crippen molar-refractivity contribution in [3.63, 3.8) is 0 Å². The fraction of sp³-hybridized carbons (Fsp3) is 0.583. The van der Waals surface area contributed by atoms with E-state index in [1.165, 1.54) is 58.5 Å². The van der Waals surface area contributed by atoms with Gasteiger partial charge < -0.3 is 20.1 Å². The summed E-state index contributed by atoms with van der Waals surface area (Å²) in [6.45, 7) is 1.64. The Labute approximate surface area is 204 Å². The van der Waals surface area contributed by atoms with Crippen LogP contribution in [0.15, 0.2) is 17.2 Å². The third kappa shape index (κ3) is 5.29. The average Bonchev–Trinajstić information content (AvgIpc) is 2.80. The highest BCUT2D eigenvalue weighted by Gasteiger charge is 2.48. The first-order valence-corrected chi connectivity index (χ1v) is 12.0. The summed E-state index contributed by atoms with van der Waals surface area (Å²) in [5, 5.41) is 9.88. The number of hydrogen-bond acceptors (Lipinski definition) is 6. The molecule has 5 rings (SSSR count). The Morgan fingerprint density at radius 3 is 2.18 bits per heavy atom. The van der Waals surface area contributed by atoms with Crippen molar-refractivity contribution >= 4 is 40.7 Å². The minimum Gasteiger partial charge on any atom is -0.495 e. The molecule has 4 aliphatic rings. The first-order valence-electron chi connectivity index (χ1n) is 11.6. The van der Waals surface area contributed by atoms with Gasteiger partial charge in [0, 0.05) is 23.9 Å². The van der Waals surface area contributed by atoms with Crippen molar-refractivity contribution in [2.24, 2.45) is 28.8 Å². The molecule has 0 spiro atoms. The van der Waals surface area contributed by atoms with E-state index in [0.717, 1.165) is 11.8 Å². The molecule has 0 saturated heterocycles. The predicted molar refractivity (Wildman–Crippen MR) is 128 cm³/mol. The van der Waals surface area contributed by atoms with Crippen LogP contribution in [0.25, 0.3) is 0 Å². The lowest BCUT2D eigenvalue weighted by Gasteiger charge is -2.54. The van der Waals surface area contributed by atoms with Crippen LogP contribution in [0.1, 0.15) is 45.4 Å². The molecule has 3 amide bonds. The van der Waals surface area contributed by atoms with Crippen LogP contribution in [0.5, 0.6) is 11.5 Å². The summed E-state index contributed by atoms with van der Waals surface area (Å²) >= 11 is 6.06. The van der Waals surface area contributed by atoms with Crippen molar-refractivity contribution in [3.05, 3.63) is 17.2 Å². The molecule has 4 aliphatic carbocycles. The summed E-state index contributed by atoms with van der Waals surface area (Å²) in [6.07, 6.45) is 6.32. The predicted octanol–water partition coefficient (Wildman–Crippen LogP) is 3.12. The smallest absolute Gasteiger partial charge is 0.329 e. The quantitative estimate of drug-likeness (QED) is 0.308. The molecule has 0 atom stereocenters. The van der Waals surface area contributed by atoms with Crippen molar-refractivity contribution in [1.29, 1.82) is 0 Å². The van der Waals surface area contributed by atoms with Crippen molar-refractivity contribution in [2.45, 2.75) is 51.5 Å². The standard InChI is InChI=1S/C24H31ClN4O5/c1-12(4-21(30)27-22-15-6-13-5-14(8-15)9-16(22)7-13)28-29-24(32)23(31)26-18-11-19(33-2)17(25)10-20(18)34-3/h10-11,13-16,22H,4-9H2,1-3H3,(H,26,31)(H,27,30)(H,29,32)/b28-12-. The Morgan fingerprint density at radius 2 is 1.59 bits per heavy atom. The second kappa shape index (κ2) is 10.2. The van der Waals surface area contributed by atoms with Crippen LogP contribution in [0.2, 0.25) is 5.02 Å². The number of nitrogens with one attached hydrogen (secondary N) is 3. The molecule has 34 heavy (non-hydrogen) atoms. The van der Waals surface area contributed by atoms with Crippen molar-refractivity contribution in [3.8, 4) is 11.5 Å². The highest BCUT2D eigenvalue weighted by molar-refractivity contribution is 6.40. The summed E-state index contributed by atoms with van der Waals surface area (Å²) in [5.41, 5.74) is 2.83. The number of anilines is 1. The zero-order valence-corrected chi connectivity index (χ0v) is 20.4. The number of nitrogens with zero attached hydrogens (tertiary/aromatic N) is 1. The Balaban J connectivity index is 1.28. The normalized spacial score (nSPS) is 27.2. The lowest BCUT2D eigenvalue weighted by molar-refractivity contribution is -0.136. The van der Waals surface area contributed by atoms with E-state index in [0.29, 0.717) is 28.3 Å². The maximum Gasteiger partial charge on any atom is 0.329 e. The molecule has 3 N–H and O–H groups in total. The van der Waals surface area contributed by atoms with Crippen molar-refractivity contribution < 1.29 is 23.9 Å². The number of halogens is 1. The summed E-state index contributed by atoms with van der Waals surface area (Å²) < 4.78 is 10.3. The zero-order valence-electron chi connectivity index (χ0n) is 19.7. The van der Waals surface area contributed by atoms with E-state index >= 15 is 0 Å². The molecule has 0 aliphatic heterocycles. The van der Waals surface area contributed by atoms with E-state index in [9.17, 15) is 14.4 Å². The van der Waals surface area contributed by atoms with E-state index in [-0.39, 0.29) is 29.8 Å². The SMILES string of the molecule is COc1cc(NC(=O)C(=O)N/N=C(/C)CC(=O)NC2C3CC4CC(C3)CC2C4)c(OC)cc1Cl. The molecule has 0 heterocycles. The summed E-state index contributed by atoms with van der Waals surface area (Å²) in [5.74, 6) is 1.42. The molecule has 0 unspecified atom stereocenters. The molecule has 0 aromatic heterocycles. The number of rotatable bonds is 7. The zero-order chi connectivity index (χ0) is 24.4. The van der Waals surface area contributed by atoms with Crippen LogP contribution in [0, 0.1) is 23.7 Å². The Bertz CT molecular complexity index is 983. The fourth-order valence-corrected chi connectivity index (χ4v) is 6.23. The Kier molecular flexibility index (Phi) is 7.30. The third-order valence-corrected chi connectivity index (χ3v) is 7.54. The third-order valence-electron chi connectivity index (χ3n) is 7.25. The molecule has 4 fully saturated rings. The van der Waals surface area contributed by atoms with E-state index < -0.39 is 11.8 Å². The van der Waals surface area contributed by atoms with Gasteiger partial charge in [-0.3, -0.25) is 14.4 Å². The average molecular weight is 491 g/mol. The minimum atomic E-state index is -0.975. The number of methoxy groups -OCH3 is 2. The van der Waals surface area contributed by atoms with E-state index in [2.05, 4.69) is 21.2 Å². The number of hydrogen-bond donors (Lipinski definition) is 3. The van der Waals surface area contributed by atoms with Crippen LogP contribution < -0.4 is 25.5 Å². The number of carbonyl (C=O) groups excluding carboxylic acids is 3. The minimum absolute atomic E-state index is 0.0624. The van der Waals surface area contributed by atoms with Crippen molar-refractivity contribution in [1.82, 2.24) is 10.7 Å². The maximum atomic E-state index is 12.6. The van der Waals surface area contributed by atoms with Gasteiger partial charge in [0.25, 0.3) is 0 Å². The van der Waals surface area contributed by atoms with Gasteiger partial charge in [-0.2, -0.15) is 5.10 Å². The number of ether oxygens (including phenoxy) is 2. The van der Waals surface area contributed by atoms with Crippen molar-refractivity contribution in [2.75, 3.05) is 19.5 Å². The second-order valence-electron chi connectivity index (χ2n) is 9.63. The number of amides is 3. The van der Waals surface area contributed by atoms with Crippen LogP contribution in [-0.4, -0.2) is 43.7 Å².